The summed E-state index contributed by atoms with van der Waals surface area (Å²) in [6, 6.07) is 2.18. The van der Waals surface area contributed by atoms with Gasteiger partial charge in [0.2, 0.25) is 0 Å². The van der Waals surface area contributed by atoms with Crippen LogP contribution in [0.3, 0.4) is 0 Å². The van der Waals surface area contributed by atoms with E-state index in [2.05, 4.69) is 0 Å². The molecule has 3 atom stereocenters. The quantitative estimate of drug-likeness (QED) is 0.350. The van der Waals surface area contributed by atoms with Crippen molar-refractivity contribution in [2.45, 2.75) is 50.2 Å². The zero-order valence-corrected chi connectivity index (χ0v) is 22.1. The number of rotatable bonds is 6. The number of aliphatic hydroxyl groups is 1. The van der Waals surface area contributed by atoms with E-state index < -0.39 is 58.7 Å². The third kappa shape index (κ3) is 5.49. The number of anilines is 1. The van der Waals surface area contributed by atoms with Crippen molar-refractivity contribution in [1.29, 1.82) is 0 Å². The number of halogens is 6. The van der Waals surface area contributed by atoms with Crippen molar-refractivity contribution in [3.05, 3.63) is 52.6 Å². The van der Waals surface area contributed by atoms with Gasteiger partial charge in [0.05, 0.1) is 44.8 Å². The van der Waals surface area contributed by atoms with Crippen molar-refractivity contribution in [3.63, 3.8) is 0 Å². The lowest BCUT2D eigenvalue weighted by Crippen LogP contribution is -2.50. The smallest absolute Gasteiger partial charge is 0.416 e. The number of benzene rings is 2. The van der Waals surface area contributed by atoms with Gasteiger partial charge in [0.15, 0.2) is 17.1 Å². The van der Waals surface area contributed by atoms with Gasteiger partial charge in [-0.1, -0.05) is 0 Å². The predicted octanol–water partition coefficient (Wildman–Crippen LogP) is 5.64. The first-order valence-corrected chi connectivity index (χ1v) is 11.9. The first kappa shape index (κ1) is 30.9. The van der Waals surface area contributed by atoms with Crippen molar-refractivity contribution in [1.82, 2.24) is 0 Å². The number of carbonyl (C=O) groups excluding carboxylic acids is 2. The average molecular weight is 579 g/mol. The molecule has 1 N–H and O–H groups in total. The highest BCUT2D eigenvalue weighted by atomic mass is 19.4. The van der Waals surface area contributed by atoms with Gasteiger partial charge in [-0.25, -0.2) is 9.59 Å². The molecule has 0 unspecified atom stereocenters. The van der Waals surface area contributed by atoms with Crippen molar-refractivity contribution in [3.8, 4) is 11.5 Å². The number of fused-ring (bicyclic) bond motifs is 1. The molecule has 1 aliphatic rings. The van der Waals surface area contributed by atoms with Gasteiger partial charge in [-0.3, -0.25) is 4.90 Å². The van der Waals surface area contributed by atoms with E-state index in [9.17, 15) is 41.0 Å². The third-order valence-corrected chi connectivity index (χ3v) is 6.68. The Morgan fingerprint density at radius 2 is 1.40 bits per heavy atom. The fourth-order valence-corrected chi connectivity index (χ4v) is 4.84. The summed E-state index contributed by atoms with van der Waals surface area (Å²) in [6.07, 6.45) is -11.6. The van der Waals surface area contributed by atoms with E-state index in [1.54, 1.807) is 6.92 Å². The number of amides is 1. The molecule has 3 rings (SSSR count). The van der Waals surface area contributed by atoms with Gasteiger partial charge in [0.25, 0.3) is 0 Å². The van der Waals surface area contributed by atoms with E-state index in [-0.39, 0.29) is 54.0 Å². The Bertz CT molecular complexity index is 1250. The van der Waals surface area contributed by atoms with Crippen LogP contribution in [0.25, 0.3) is 0 Å². The predicted molar refractivity (Wildman–Crippen MR) is 128 cm³/mol. The van der Waals surface area contributed by atoms with E-state index >= 15 is 0 Å². The molecule has 0 saturated heterocycles. The molecule has 0 spiro atoms. The maximum absolute atomic E-state index is 13.7. The Morgan fingerprint density at radius 1 is 0.900 bits per heavy atom. The SMILES string of the molecule is CCOC(=O)N1c2cc(OC)c(OC)cc2[C@H]([C@](O)(C(=O)OC)c2cc(C(F)(F)F)cc(C(F)(F)F)c2)C[C@H]1C. The second kappa shape index (κ2) is 11.1. The number of methoxy groups -OCH3 is 3. The number of nitrogens with zero attached hydrogens (tertiary/aromatic N) is 1. The van der Waals surface area contributed by atoms with Gasteiger partial charge < -0.3 is 24.1 Å². The van der Waals surface area contributed by atoms with Crippen LogP contribution in [-0.2, 0) is 32.2 Å². The zero-order valence-electron chi connectivity index (χ0n) is 22.1. The highest BCUT2D eigenvalue weighted by molar-refractivity contribution is 5.92. The number of hydrogen-bond acceptors (Lipinski definition) is 7. The summed E-state index contributed by atoms with van der Waals surface area (Å²) in [5.41, 5.74) is -7.51. The van der Waals surface area contributed by atoms with Crippen LogP contribution in [0.15, 0.2) is 30.3 Å². The van der Waals surface area contributed by atoms with Crippen molar-refractivity contribution in [2.24, 2.45) is 0 Å². The van der Waals surface area contributed by atoms with Crippen LogP contribution in [0.5, 0.6) is 11.5 Å². The molecule has 0 aromatic heterocycles. The van der Waals surface area contributed by atoms with Gasteiger partial charge in [-0.2, -0.15) is 26.3 Å². The molecule has 1 heterocycles. The molecular weight excluding hydrogens is 552 g/mol. The summed E-state index contributed by atoms with van der Waals surface area (Å²) < 4.78 is 103. The Balaban J connectivity index is 2.41. The highest BCUT2D eigenvalue weighted by Gasteiger charge is 2.53. The summed E-state index contributed by atoms with van der Waals surface area (Å²) >= 11 is 0. The molecule has 14 heteroatoms. The van der Waals surface area contributed by atoms with Gasteiger partial charge >= 0.3 is 24.4 Å². The first-order chi connectivity index (χ1) is 18.5. The summed E-state index contributed by atoms with van der Waals surface area (Å²) in [6.45, 7) is 3.06. The molecule has 0 saturated carbocycles. The minimum Gasteiger partial charge on any atom is -0.493 e. The largest absolute Gasteiger partial charge is 0.493 e. The second-order valence-electron chi connectivity index (χ2n) is 9.02. The molecule has 0 radical (unpaired) electrons. The summed E-state index contributed by atoms with van der Waals surface area (Å²) in [5, 5.41) is 11.9. The zero-order chi connectivity index (χ0) is 30.2. The van der Waals surface area contributed by atoms with Crippen molar-refractivity contribution >= 4 is 17.7 Å². The second-order valence-corrected chi connectivity index (χ2v) is 9.02. The molecule has 2 aromatic carbocycles. The molecule has 0 aliphatic carbocycles. The Morgan fingerprint density at radius 3 is 1.85 bits per heavy atom. The van der Waals surface area contributed by atoms with Crippen LogP contribution in [0.2, 0.25) is 0 Å². The molecule has 0 bridgehead atoms. The molecular formula is C26H27F6NO7. The van der Waals surface area contributed by atoms with Gasteiger partial charge in [0, 0.05) is 18.0 Å². The Hall–Kier alpha value is -3.68. The normalized spacial score (nSPS) is 18.9. The van der Waals surface area contributed by atoms with Gasteiger partial charge in [-0.15, -0.1) is 0 Å². The van der Waals surface area contributed by atoms with E-state index in [1.165, 1.54) is 38.2 Å². The van der Waals surface area contributed by atoms with Crippen LogP contribution >= 0.6 is 0 Å². The topological polar surface area (TPSA) is 94.5 Å². The van der Waals surface area contributed by atoms with Crippen LogP contribution in [-0.4, -0.2) is 51.1 Å². The molecule has 0 fully saturated rings. The lowest BCUT2D eigenvalue weighted by atomic mass is 9.71. The van der Waals surface area contributed by atoms with Crippen LogP contribution in [0.4, 0.5) is 36.8 Å². The molecule has 8 nitrogen and oxygen atoms in total. The fraction of sp³-hybridized carbons (Fsp3) is 0.462. The minimum atomic E-state index is -5.25. The standard InChI is InChI=1S/C26H27F6NO7/c1-6-40-23(35)33-13(2)7-18(17-11-20(37-3)21(38-4)12-19(17)33)24(36,22(34)39-5)14-8-15(25(27,28)29)10-16(9-14)26(30,31)32/h8-13,18,36H,6-7H2,1-5H3/t13-,18-,24+/m1/s1. The molecule has 1 aliphatic heterocycles. The van der Waals surface area contributed by atoms with Crippen LogP contribution in [0.1, 0.15) is 48.4 Å². The number of esters is 1. The average Bonchev–Trinajstić information content (AvgIpc) is 2.89. The summed E-state index contributed by atoms with van der Waals surface area (Å²) in [5.74, 6) is -2.86. The fourth-order valence-electron chi connectivity index (χ4n) is 4.84. The Kier molecular flexibility index (Phi) is 8.53. The van der Waals surface area contributed by atoms with Crippen LogP contribution < -0.4 is 14.4 Å². The Labute approximate surface area is 225 Å². The first-order valence-electron chi connectivity index (χ1n) is 11.9. The van der Waals surface area contributed by atoms with E-state index in [0.717, 1.165) is 7.11 Å². The number of alkyl halides is 6. The van der Waals surface area contributed by atoms with Crippen LogP contribution in [0, 0.1) is 0 Å². The molecule has 40 heavy (non-hydrogen) atoms. The van der Waals surface area contributed by atoms with E-state index in [0.29, 0.717) is 0 Å². The minimum absolute atomic E-state index is 0.00927. The number of ether oxygens (including phenoxy) is 4. The van der Waals surface area contributed by atoms with Gasteiger partial charge in [-0.05, 0) is 55.7 Å². The highest BCUT2D eigenvalue weighted by Crippen LogP contribution is 2.52. The number of carbonyl (C=O) groups is 2. The maximum atomic E-state index is 13.7. The summed E-state index contributed by atoms with van der Waals surface area (Å²) in [7, 11) is 3.40. The monoisotopic (exact) mass is 579 g/mol. The van der Waals surface area contributed by atoms with Crippen molar-refractivity contribution in [2.75, 3.05) is 32.8 Å². The third-order valence-electron chi connectivity index (χ3n) is 6.68. The lowest BCUT2D eigenvalue weighted by molar-refractivity contribution is -0.168. The summed E-state index contributed by atoms with van der Waals surface area (Å²) in [4.78, 5) is 27.2. The number of hydrogen-bond donors (Lipinski definition) is 1. The van der Waals surface area contributed by atoms with Crippen molar-refractivity contribution < 1.29 is 60.0 Å². The lowest BCUT2D eigenvalue weighted by Gasteiger charge is -2.44. The molecule has 220 valence electrons. The van der Waals surface area contributed by atoms with E-state index in [4.69, 9.17) is 18.9 Å². The molecule has 2 aromatic rings. The van der Waals surface area contributed by atoms with Gasteiger partial charge in [0.1, 0.15) is 0 Å². The van der Waals surface area contributed by atoms with E-state index in [1.807, 2.05) is 0 Å². The molecule has 1 amide bonds. The maximum Gasteiger partial charge on any atom is 0.416 e.